The highest BCUT2D eigenvalue weighted by molar-refractivity contribution is 6.14. The Bertz CT molecular complexity index is 1890. The van der Waals surface area contributed by atoms with E-state index in [-0.39, 0.29) is 0 Å². The number of nitrogens with two attached hydrogens (primary N) is 1. The zero-order chi connectivity index (χ0) is 30.4. The van der Waals surface area contributed by atoms with Crippen LogP contribution in [0.1, 0.15) is 34.2 Å². The van der Waals surface area contributed by atoms with Crippen LogP contribution >= 0.6 is 0 Å². The first-order chi connectivity index (χ1) is 20.6. The zero-order valence-corrected chi connectivity index (χ0v) is 25.6. The fourth-order valence-electron chi connectivity index (χ4n) is 5.57. The fraction of sp³-hybridized carbons (Fsp3) is 0.242. The van der Waals surface area contributed by atoms with Crippen LogP contribution in [0.4, 0.5) is 11.4 Å². The second kappa shape index (κ2) is 11.0. The molecule has 3 aromatic heterocycles. The van der Waals surface area contributed by atoms with Gasteiger partial charge in [0.25, 0.3) is 0 Å². The monoisotopic (exact) mass is 572 g/mol. The second-order valence-electron chi connectivity index (χ2n) is 11.3. The van der Waals surface area contributed by atoms with Gasteiger partial charge < -0.3 is 9.80 Å². The van der Waals surface area contributed by atoms with Crippen molar-refractivity contribution in [2.75, 3.05) is 45.0 Å². The van der Waals surface area contributed by atoms with Gasteiger partial charge in [-0.25, -0.2) is 15.0 Å². The molecule has 2 N–H and O–H groups in total. The molecule has 43 heavy (non-hydrogen) atoms. The molecule has 6 rings (SSSR count). The van der Waals surface area contributed by atoms with Gasteiger partial charge in [0.2, 0.25) is 0 Å². The van der Waals surface area contributed by atoms with Crippen molar-refractivity contribution in [3.8, 4) is 0 Å². The van der Waals surface area contributed by atoms with Gasteiger partial charge in [0.05, 0.1) is 11.0 Å². The predicted octanol–water partition coefficient (Wildman–Crippen LogP) is 4.86. The van der Waals surface area contributed by atoms with E-state index in [0.717, 1.165) is 61.3 Å². The number of hydrazine groups is 2. The third-order valence-corrected chi connectivity index (χ3v) is 7.56. The minimum absolute atomic E-state index is 0.494. The smallest absolute Gasteiger partial charge is 0.166 e. The molecule has 2 aromatic carbocycles. The molecule has 218 valence electrons. The third kappa shape index (κ3) is 5.26. The van der Waals surface area contributed by atoms with Crippen molar-refractivity contribution in [1.82, 2.24) is 25.1 Å². The summed E-state index contributed by atoms with van der Waals surface area (Å²) in [7, 11) is 9.98. The number of hydrogen-bond donors (Lipinski definition) is 1. The van der Waals surface area contributed by atoms with Crippen LogP contribution in [0.25, 0.3) is 21.8 Å². The molecule has 1 atom stereocenters. The number of hydrogen-bond acceptors (Lipinski definition) is 10. The molecule has 1 aliphatic heterocycles. The Hall–Kier alpha value is -4.93. The molecule has 10 heteroatoms. The maximum atomic E-state index is 6.52. The lowest BCUT2D eigenvalue weighted by Gasteiger charge is -2.38. The number of pyridine rings is 3. The van der Waals surface area contributed by atoms with Crippen molar-refractivity contribution in [3.63, 3.8) is 0 Å². The maximum Gasteiger partial charge on any atom is 0.166 e. The molecule has 0 radical (unpaired) electrons. The molecule has 0 aliphatic carbocycles. The molecule has 0 bridgehead atoms. The zero-order valence-electron chi connectivity index (χ0n) is 25.6. The van der Waals surface area contributed by atoms with E-state index in [1.165, 1.54) is 0 Å². The van der Waals surface area contributed by atoms with Gasteiger partial charge in [-0.2, -0.15) is 5.12 Å². The van der Waals surface area contributed by atoms with E-state index in [4.69, 9.17) is 25.8 Å². The number of amidine groups is 2. The van der Waals surface area contributed by atoms with E-state index in [0.29, 0.717) is 11.7 Å². The summed E-state index contributed by atoms with van der Waals surface area (Å²) < 4.78 is 0. The predicted molar refractivity (Wildman–Crippen MR) is 175 cm³/mol. The number of rotatable bonds is 6. The van der Waals surface area contributed by atoms with Crippen molar-refractivity contribution in [2.45, 2.75) is 20.0 Å². The highest BCUT2D eigenvalue weighted by Gasteiger charge is 2.32. The van der Waals surface area contributed by atoms with E-state index in [2.05, 4.69) is 51.2 Å². The SMILES string of the molecule is Cc1cc(N(C)C)c2cc(C3=NC(c4ccc5nc(C)cc(N(C)C)c5c4)N(N(C)N)C(c4ccncc4)=N3)ccc2n1. The van der Waals surface area contributed by atoms with Gasteiger partial charge in [-0.05, 0) is 74.0 Å². The highest BCUT2D eigenvalue weighted by atomic mass is 15.8. The molecule has 0 fully saturated rings. The summed E-state index contributed by atoms with van der Waals surface area (Å²) >= 11 is 0. The quantitative estimate of drug-likeness (QED) is 0.228. The normalized spacial score (nSPS) is 15.2. The number of fused-ring (bicyclic) bond motifs is 2. The minimum atomic E-state index is -0.494. The molecule has 1 aliphatic rings. The van der Waals surface area contributed by atoms with Crippen LogP contribution in [0.5, 0.6) is 0 Å². The van der Waals surface area contributed by atoms with Crippen LogP contribution in [0.3, 0.4) is 0 Å². The Labute approximate surface area is 251 Å². The first-order valence-corrected chi connectivity index (χ1v) is 14.1. The average molecular weight is 573 g/mol. The van der Waals surface area contributed by atoms with Crippen molar-refractivity contribution in [1.29, 1.82) is 0 Å². The molecule has 4 heterocycles. The molecular weight excluding hydrogens is 536 g/mol. The highest BCUT2D eigenvalue weighted by Crippen LogP contribution is 2.35. The molecule has 10 nitrogen and oxygen atoms in total. The van der Waals surface area contributed by atoms with Gasteiger partial charge in [-0.15, -0.1) is 0 Å². The van der Waals surface area contributed by atoms with E-state index >= 15 is 0 Å². The van der Waals surface area contributed by atoms with E-state index in [1.54, 1.807) is 24.6 Å². The maximum absolute atomic E-state index is 6.52. The number of anilines is 2. The Morgan fingerprint density at radius 2 is 1.28 bits per heavy atom. The second-order valence-corrected chi connectivity index (χ2v) is 11.3. The Kier molecular flexibility index (Phi) is 7.25. The number of aliphatic imine (C=N–C) groups is 2. The van der Waals surface area contributed by atoms with Gasteiger partial charge in [0.1, 0.15) is 0 Å². The number of aromatic nitrogens is 3. The lowest BCUT2D eigenvalue weighted by atomic mass is 10.0. The van der Waals surface area contributed by atoms with Gasteiger partial charge in [-0.3, -0.25) is 20.8 Å². The average Bonchev–Trinajstić information content (AvgIpc) is 2.99. The van der Waals surface area contributed by atoms with Crippen LogP contribution in [-0.2, 0) is 0 Å². The first-order valence-electron chi connectivity index (χ1n) is 14.1. The van der Waals surface area contributed by atoms with Crippen molar-refractivity contribution >= 4 is 44.9 Å². The fourth-order valence-corrected chi connectivity index (χ4v) is 5.57. The van der Waals surface area contributed by atoms with Crippen LogP contribution in [0.15, 0.2) is 83.0 Å². The summed E-state index contributed by atoms with van der Waals surface area (Å²) in [6, 6.07) is 20.6. The minimum Gasteiger partial charge on any atom is -0.377 e. The van der Waals surface area contributed by atoms with Crippen LogP contribution in [0, 0.1) is 13.8 Å². The summed E-state index contributed by atoms with van der Waals surface area (Å²) in [5.74, 6) is 7.80. The summed E-state index contributed by atoms with van der Waals surface area (Å²) in [6.45, 7) is 4.03. The molecule has 0 amide bonds. The van der Waals surface area contributed by atoms with Crippen molar-refractivity contribution in [2.24, 2.45) is 15.8 Å². The van der Waals surface area contributed by atoms with Gasteiger partial charge in [0.15, 0.2) is 17.8 Å². The van der Waals surface area contributed by atoms with Gasteiger partial charge >= 0.3 is 0 Å². The van der Waals surface area contributed by atoms with Crippen LogP contribution in [0.2, 0.25) is 0 Å². The van der Waals surface area contributed by atoms with Crippen molar-refractivity contribution < 1.29 is 0 Å². The summed E-state index contributed by atoms with van der Waals surface area (Å²) in [6.07, 6.45) is 3.02. The molecular formula is C33H36N10. The summed E-state index contributed by atoms with van der Waals surface area (Å²) in [4.78, 5) is 28.4. The Morgan fingerprint density at radius 3 is 1.86 bits per heavy atom. The Balaban J connectivity index is 1.58. The largest absolute Gasteiger partial charge is 0.377 e. The lowest BCUT2D eigenvalue weighted by Crippen LogP contribution is -2.51. The standard InChI is InChI=1S/C33H36N10/c1-20-16-29(40(3)4)25-18-23(8-10-27(25)36-20)31-38-32(22-12-14-35-15-13-22)43(42(7)34)33(39-31)24-9-11-28-26(19-24)30(41(5)6)17-21(2)37-28/h8-19,33H,34H2,1-7H3. The third-order valence-electron chi connectivity index (χ3n) is 7.56. The number of benzene rings is 2. The Morgan fingerprint density at radius 1 is 0.698 bits per heavy atom. The summed E-state index contributed by atoms with van der Waals surface area (Å²) in [5.41, 5.74) is 8.71. The molecule has 0 spiro atoms. The molecule has 0 saturated heterocycles. The van der Waals surface area contributed by atoms with Crippen LogP contribution < -0.4 is 15.6 Å². The topological polar surface area (TPSA) is 102 Å². The van der Waals surface area contributed by atoms with Crippen LogP contribution in [-0.4, -0.2) is 72.0 Å². The first kappa shape index (κ1) is 28.2. The van der Waals surface area contributed by atoms with Gasteiger partial charge in [-0.1, -0.05) is 6.07 Å². The van der Waals surface area contributed by atoms with Crippen molar-refractivity contribution in [3.05, 3.63) is 101 Å². The molecule has 5 aromatic rings. The number of aryl methyl sites for hydroxylation is 2. The number of nitrogens with zero attached hydrogens (tertiary/aromatic N) is 9. The lowest BCUT2D eigenvalue weighted by molar-refractivity contribution is 0.0350. The molecule has 0 saturated carbocycles. The summed E-state index contributed by atoms with van der Waals surface area (Å²) in [5, 5.41) is 5.54. The van der Waals surface area contributed by atoms with E-state index in [9.17, 15) is 0 Å². The van der Waals surface area contributed by atoms with Gasteiger partial charge in [0, 0.05) is 92.3 Å². The molecule has 1 unspecified atom stereocenters. The van der Waals surface area contributed by atoms with E-state index in [1.807, 2.05) is 71.3 Å². The van der Waals surface area contributed by atoms with E-state index < -0.39 is 6.17 Å².